The van der Waals surface area contributed by atoms with Crippen molar-refractivity contribution in [3.8, 4) is 0 Å². The Balaban J connectivity index is 2.21. The minimum Gasteiger partial charge on any atom is -0.176 e. The van der Waals surface area contributed by atoms with E-state index in [-0.39, 0.29) is 0 Å². The van der Waals surface area contributed by atoms with E-state index in [1.54, 1.807) is 11.8 Å². The molecule has 0 bridgehead atoms. The van der Waals surface area contributed by atoms with Crippen LogP contribution in [0.15, 0.2) is 17.8 Å². The molecule has 0 saturated carbocycles. The molecule has 1 rings (SSSR count). The normalized spacial score (nSPS) is 9.60. The molecule has 0 fully saturated rings. The van der Waals surface area contributed by atoms with E-state index in [9.17, 15) is 0 Å². The largest absolute Gasteiger partial charge is 0.230 e. The van der Waals surface area contributed by atoms with Gasteiger partial charge in [-0.15, -0.1) is 16.8 Å². The Morgan fingerprint density at radius 1 is 1.70 bits per heavy atom. The molecule has 1 aromatic heterocycles. The summed E-state index contributed by atoms with van der Waals surface area (Å²) in [6, 6.07) is 0. The topological polar surface area (TPSA) is 54.5 Å². The lowest BCUT2D eigenvalue weighted by atomic mass is 10.5. The zero-order valence-corrected chi connectivity index (χ0v) is 6.27. The van der Waals surface area contributed by atoms with Gasteiger partial charge in [0, 0.05) is 5.75 Å². The minimum absolute atomic E-state index is 0.696. The number of tetrazole rings is 1. The Labute approximate surface area is 63.1 Å². The Bertz CT molecular complexity index is 184. The molecule has 0 amide bonds. The van der Waals surface area contributed by atoms with Crippen LogP contribution in [0.5, 0.6) is 0 Å². The standard InChI is InChI=1S/C5H8N4S/c1-2-3-4-10-5-6-8-9-7-5/h2H,1,3-4H2,(H,6,7,8,9). The molecular formula is C5H8N4S. The highest BCUT2D eigenvalue weighted by Gasteiger charge is 1.95. The molecular weight excluding hydrogens is 148 g/mol. The van der Waals surface area contributed by atoms with Crippen LogP contribution in [-0.4, -0.2) is 26.4 Å². The Hall–Kier alpha value is -0.840. The number of aromatic nitrogens is 4. The molecule has 10 heavy (non-hydrogen) atoms. The van der Waals surface area contributed by atoms with Crippen LogP contribution in [0.1, 0.15) is 6.42 Å². The zero-order valence-electron chi connectivity index (χ0n) is 5.45. The number of H-pyrrole nitrogens is 1. The highest BCUT2D eigenvalue weighted by Crippen LogP contribution is 2.10. The third-order valence-corrected chi connectivity index (χ3v) is 1.75. The number of hydrogen-bond acceptors (Lipinski definition) is 4. The fraction of sp³-hybridized carbons (Fsp3) is 0.400. The first-order valence-corrected chi connectivity index (χ1v) is 3.89. The van der Waals surface area contributed by atoms with Gasteiger partial charge in [0.15, 0.2) is 0 Å². The van der Waals surface area contributed by atoms with E-state index in [2.05, 4.69) is 27.2 Å². The highest BCUT2D eigenvalue weighted by atomic mass is 32.2. The van der Waals surface area contributed by atoms with Crippen LogP contribution in [0.25, 0.3) is 0 Å². The molecule has 0 aromatic carbocycles. The summed E-state index contributed by atoms with van der Waals surface area (Å²) >= 11 is 1.56. The second-order valence-corrected chi connectivity index (χ2v) is 2.68. The number of rotatable bonds is 4. The van der Waals surface area contributed by atoms with Crippen LogP contribution < -0.4 is 0 Å². The van der Waals surface area contributed by atoms with Gasteiger partial charge in [0.05, 0.1) is 0 Å². The van der Waals surface area contributed by atoms with Crippen LogP contribution in [0.4, 0.5) is 0 Å². The van der Waals surface area contributed by atoms with Gasteiger partial charge in [0.1, 0.15) is 0 Å². The lowest BCUT2D eigenvalue weighted by molar-refractivity contribution is 0.881. The molecule has 0 aliphatic rings. The van der Waals surface area contributed by atoms with E-state index >= 15 is 0 Å². The van der Waals surface area contributed by atoms with Crippen molar-refractivity contribution < 1.29 is 0 Å². The van der Waals surface area contributed by atoms with Crippen molar-refractivity contribution in [3.63, 3.8) is 0 Å². The maximum Gasteiger partial charge on any atom is 0.230 e. The maximum absolute atomic E-state index is 3.77. The Morgan fingerprint density at radius 2 is 2.60 bits per heavy atom. The second-order valence-electron chi connectivity index (χ2n) is 1.62. The first-order valence-electron chi connectivity index (χ1n) is 2.90. The van der Waals surface area contributed by atoms with Crippen LogP contribution >= 0.6 is 11.8 Å². The van der Waals surface area contributed by atoms with Gasteiger partial charge in [0.25, 0.3) is 0 Å². The summed E-state index contributed by atoms with van der Waals surface area (Å²) in [5.41, 5.74) is 0. The average molecular weight is 156 g/mol. The number of allylic oxidation sites excluding steroid dienone is 1. The molecule has 0 saturated heterocycles. The number of hydrogen-bond donors (Lipinski definition) is 1. The molecule has 0 atom stereocenters. The maximum atomic E-state index is 3.77. The van der Waals surface area contributed by atoms with Crippen molar-refractivity contribution >= 4 is 11.8 Å². The fourth-order valence-corrected chi connectivity index (χ4v) is 1.12. The summed E-state index contributed by atoms with van der Waals surface area (Å²) in [4.78, 5) is 0. The first-order chi connectivity index (χ1) is 4.93. The summed E-state index contributed by atoms with van der Waals surface area (Å²) in [7, 11) is 0. The van der Waals surface area contributed by atoms with Crippen LogP contribution in [0.3, 0.4) is 0 Å². The predicted molar refractivity (Wildman–Crippen MR) is 39.7 cm³/mol. The van der Waals surface area contributed by atoms with Crippen molar-refractivity contribution in [1.29, 1.82) is 0 Å². The minimum atomic E-state index is 0.696. The number of nitrogens with one attached hydrogen (secondary N) is 1. The molecule has 0 unspecified atom stereocenters. The summed E-state index contributed by atoms with van der Waals surface area (Å²) in [6.45, 7) is 3.60. The van der Waals surface area contributed by atoms with Gasteiger partial charge >= 0.3 is 0 Å². The summed E-state index contributed by atoms with van der Waals surface area (Å²) in [5.74, 6) is 0.961. The molecule has 1 aromatic rings. The van der Waals surface area contributed by atoms with Crippen molar-refractivity contribution in [2.24, 2.45) is 0 Å². The number of thioether (sulfide) groups is 1. The smallest absolute Gasteiger partial charge is 0.176 e. The molecule has 54 valence electrons. The third kappa shape index (κ3) is 2.18. The van der Waals surface area contributed by atoms with Gasteiger partial charge in [0.2, 0.25) is 5.16 Å². The average Bonchev–Trinajstić information content (AvgIpc) is 2.41. The Morgan fingerprint density at radius 3 is 3.20 bits per heavy atom. The molecule has 4 nitrogen and oxygen atoms in total. The molecule has 0 aliphatic carbocycles. The molecule has 0 aliphatic heterocycles. The van der Waals surface area contributed by atoms with E-state index in [1.165, 1.54) is 0 Å². The first kappa shape index (κ1) is 7.27. The fourth-order valence-electron chi connectivity index (χ4n) is 0.447. The van der Waals surface area contributed by atoms with Crippen LogP contribution in [0, 0.1) is 0 Å². The highest BCUT2D eigenvalue weighted by molar-refractivity contribution is 7.99. The SMILES string of the molecule is C=CCCSc1nn[nH]n1. The lowest BCUT2D eigenvalue weighted by Gasteiger charge is -1.87. The monoisotopic (exact) mass is 156 g/mol. The molecule has 1 N–H and O–H groups in total. The molecule has 5 heteroatoms. The number of aromatic amines is 1. The van der Waals surface area contributed by atoms with Gasteiger partial charge in [-0.3, -0.25) is 0 Å². The second kappa shape index (κ2) is 4.05. The lowest BCUT2D eigenvalue weighted by Crippen LogP contribution is -1.78. The van der Waals surface area contributed by atoms with Crippen molar-refractivity contribution in [3.05, 3.63) is 12.7 Å². The van der Waals surface area contributed by atoms with Crippen LogP contribution in [-0.2, 0) is 0 Å². The quantitative estimate of drug-likeness (QED) is 0.399. The van der Waals surface area contributed by atoms with Gasteiger partial charge in [-0.2, -0.15) is 5.21 Å². The summed E-state index contributed by atoms with van der Waals surface area (Å²) in [6.07, 6.45) is 2.84. The van der Waals surface area contributed by atoms with Crippen molar-refractivity contribution in [1.82, 2.24) is 20.6 Å². The Kier molecular flexibility index (Phi) is 2.95. The number of nitrogens with zero attached hydrogens (tertiary/aromatic N) is 3. The van der Waals surface area contributed by atoms with Gasteiger partial charge in [-0.1, -0.05) is 17.8 Å². The molecule has 0 radical (unpaired) electrons. The van der Waals surface area contributed by atoms with Gasteiger partial charge in [-0.25, -0.2) is 0 Å². The van der Waals surface area contributed by atoms with Gasteiger partial charge in [-0.05, 0) is 11.6 Å². The predicted octanol–water partition coefficient (Wildman–Crippen LogP) is 0.868. The molecule has 1 heterocycles. The summed E-state index contributed by atoms with van der Waals surface area (Å²) < 4.78 is 0. The van der Waals surface area contributed by atoms with E-state index in [1.807, 2.05) is 6.08 Å². The zero-order chi connectivity index (χ0) is 7.23. The van der Waals surface area contributed by atoms with Crippen molar-refractivity contribution in [2.45, 2.75) is 11.6 Å². The summed E-state index contributed by atoms with van der Waals surface area (Å²) in [5, 5.41) is 14.0. The van der Waals surface area contributed by atoms with Crippen LogP contribution in [0.2, 0.25) is 0 Å². The van der Waals surface area contributed by atoms with E-state index in [0.717, 1.165) is 12.2 Å². The van der Waals surface area contributed by atoms with Crippen molar-refractivity contribution in [2.75, 3.05) is 5.75 Å². The van der Waals surface area contributed by atoms with E-state index in [4.69, 9.17) is 0 Å². The van der Waals surface area contributed by atoms with Gasteiger partial charge < -0.3 is 0 Å². The van der Waals surface area contributed by atoms with E-state index < -0.39 is 0 Å². The third-order valence-electron chi connectivity index (χ3n) is 0.879. The molecule has 0 spiro atoms. The van der Waals surface area contributed by atoms with E-state index in [0.29, 0.717) is 5.16 Å².